The molecule has 5 heteroatoms. The average molecular weight is 194 g/mol. The van der Waals surface area contributed by atoms with Gasteiger partial charge in [-0.2, -0.15) is 0 Å². The standard InChI is InChI=1S/C9H6O5/c10-4-1-2-5-6(3-4)14-8(7(5)11)9(12)13/h1-3,10-11H,(H,12,13). The number of aromatic hydroxyl groups is 2. The number of fused-ring (bicyclic) bond motifs is 1. The Balaban J connectivity index is 2.79. The van der Waals surface area contributed by atoms with Gasteiger partial charge in [0.25, 0.3) is 5.76 Å². The highest BCUT2D eigenvalue weighted by atomic mass is 16.4. The molecular weight excluding hydrogens is 188 g/mol. The Morgan fingerprint density at radius 1 is 1.29 bits per heavy atom. The first-order chi connectivity index (χ1) is 6.59. The molecule has 1 aromatic carbocycles. The third kappa shape index (κ3) is 1.06. The molecule has 2 aromatic rings. The van der Waals surface area contributed by atoms with Crippen LogP contribution in [-0.2, 0) is 0 Å². The molecular formula is C9H6O5. The number of phenolic OH excluding ortho intramolecular Hbond substituents is 1. The third-order valence-corrected chi connectivity index (χ3v) is 1.84. The van der Waals surface area contributed by atoms with Crippen LogP contribution in [0.25, 0.3) is 11.0 Å². The van der Waals surface area contributed by atoms with Gasteiger partial charge in [-0.15, -0.1) is 0 Å². The van der Waals surface area contributed by atoms with Crippen molar-refractivity contribution < 1.29 is 24.5 Å². The highest BCUT2D eigenvalue weighted by Gasteiger charge is 2.19. The van der Waals surface area contributed by atoms with Crippen molar-refractivity contribution >= 4 is 16.9 Å². The van der Waals surface area contributed by atoms with Gasteiger partial charge in [-0.3, -0.25) is 0 Å². The molecule has 0 saturated heterocycles. The number of furan rings is 1. The lowest BCUT2D eigenvalue weighted by Crippen LogP contribution is -1.92. The minimum Gasteiger partial charge on any atom is -0.508 e. The first-order valence-electron chi connectivity index (χ1n) is 3.77. The molecule has 14 heavy (non-hydrogen) atoms. The van der Waals surface area contributed by atoms with Crippen LogP contribution in [0.3, 0.4) is 0 Å². The SMILES string of the molecule is O=C(O)c1oc2cc(O)ccc2c1O. The summed E-state index contributed by atoms with van der Waals surface area (Å²) in [5.74, 6) is -2.35. The zero-order valence-electron chi connectivity index (χ0n) is 6.89. The minimum absolute atomic E-state index is 0.0526. The van der Waals surface area contributed by atoms with Gasteiger partial charge >= 0.3 is 5.97 Å². The van der Waals surface area contributed by atoms with Crippen molar-refractivity contribution in [2.45, 2.75) is 0 Å². The fraction of sp³-hybridized carbons (Fsp3) is 0. The second kappa shape index (κ2) is 2.66. The third-order valence-electron chi connectivity index (χ3n) is 1.84. The number of carboxylic acid groups (broad SMARTS) is 1. The fourth-order valence-corrected chi connectivity index (χ4v) is 1.22. The molecule has 0 radical (unpaired) electrons. The summed E-state index contributed by atoms with van der Waals surface area (Å²) in [5.41, 5.74) is 0.139. The van der Waals surface area contributed by atoms with Crippen molar-refractivity contribution in [3.05, 3.63) is 24.0 Å². The second-order valence-corrected chi connectivity index (χ2v) is 2.77. The van der Waals surface area contributed by atoms with Crippen LogP contribution < -0.4 is 0 Å². The molecule has 5 nitrogen and oxygen atoms in total. The summed E-state index contributed by atoms with van der Waals surface area (Å²) in [6, 6.07) is 3.96. The summed E-state index contributed by atoms with van der Waals surface area (Å²) in [4.78, 5) is 10.6. The maximum absolute atomic E-state index is 10.6. The Morgan fingerprint density at radius 2 is 2.00 bits per heavy atom. The molecule has 3 N–H and O–H groups in total. The van der Waals surface area contributed by atoms with Gasteiger partial charge in [0, 0.05) is 6.07 Å². The average Bonchev–Trinajstić information content (AvgIpc) is 2.43. The molecule has 0 spiro atoms. The molecule has 0 bridgehead atoms. The number of carboxylic acids is 1. The number of aromatic carboxylic acids is 1. The van der Waals surface area contributed by atoms with Gasteiger partial charge in [-0.05, 0) is 12.1 Å². The van der Waals surface area contributed by atoms with E-state index >= 15 is 0 Å². The first-order valence-corrected chi connectivity index (χ1v) is 3.77. The lowest BCUT2D eigenvalue weighted by Gasteiger charge is -1.89. The number of rotatable bonds is 1. The number of carbonyl (C=O) groups is 1. The molecule has 0 aliphatic rings. The predicted molar refractivity (Wildman–Crippen MR) is 46.5 cm³/mol. The van der Waals surface area contributed by atoms with Crippen LogP contribution in [0, 0.1) is 0 Å². The van der Waals surface area contributed by atoms with E-state index in [9.17, 15) is 9.90 Å². The van der Waals surface area contributed by atoms with Crippen LogP contribution in [0.5, 0.6) is 11.5 Å². The summed E-state index contributed by atoms with van der Waals surface area (Å²) in [5, 5.41) is 27.4. The summed E-state index contributed by atoms with van der Waals surface area (Å²) >= 11 is 0. The molecule has 0 unspecified atom stereocenters. The zero-order chi connectivity index (χ0) is 10.3. The molecule has 0 saturated carbocycles. The Labute approximate surface area is 77.8 Å². The van der Waals surface area contributed by atoms with E-state index < -0.39 is 17.5 Å². The largest absolute Gasteiger partial charge is 0.508 e. The lowest BCUT2D eigenvalue weighted by molar-refractivity contribution is 0.0660. The molecule has 72 valence electrons. The Morgan fingerprint density at radius 3 is 2.64 bits per heavy atom. The van der Waals surface area contributed by atoms with Gasteiger partial charge in [0.2, 0.25) is 0 Å². The fourth-order valence-electron chi connectivity index (χ4n) is 1.22. The van der Waals surface area contributed by atoms with Crippen LogP contribution in [0.1, 0.15) is 10.6 Å². The van der Waals surface area contributed by atoms with E-state index in [-0.39, 0.29) is 16.7 Å². The van der Waals surface area contributed by atoms with Gasteiger partial charge in [0.15, 0.2) is 5.75 Å². The normalized spacial score (nSPS) is 10.6. The number of hydrogen-bond acceptors (Lipinski definition) is 4. The van der Waals surface area contributed by atoms with Crippen molar-refractivity contribution in [1.29, 1.82) is 0 Å². The van der Waals surface area contributed by atoms with Crippen molar-refractivity contribution in [3.8, 4) is 11.5 Å². The highest BCUT2D eigenvalue weighted by Crippen LogP contribution is 2.33. The highest BCUT2D eigenvalue weighted by molar-refractivity contribution is 5.97. The van der Waals surface area contributed by atoms with Crippen molar-refractivity contribution in [2.24, 2.45) is 0 Å². The van der Waals surface area contributed by atoms with E-state index in [1.54, 1.807) is 0 Å². The van der Waals surface area contributed by atoms with Crippen LogP contribution in [0.2, 0.25) is 0 Å². The van der Waals surface area contributed by atoms with E-state index in [1.165, 1.54) is 18.2 Å². The molecule has 0 amide bonds. The number of hydrogen-bond donors (Lipinski definition) is 3. The number of benzene rings is 1. The molecule has 1 aromatic heterocycles. The van der Waals surface area contributed by atoms with E-state index in [0.717, 1.165) is 0 Å². The maximum Gasteiger partial charge on any atom is 0.375 e. The van der Waals surface area contributed by atoms with Crippen LogP contribution >= 0.6 is 0 Å². The van der Waals surface area contributed by atoms with Gasteiger partial charge in [0.1, 0.15) is 11.3 Å². The van der Waals surface area contributed by atoms with E-state index in [0.29, 0.717) is 0 Å². The summed E-state index contributed by atoms with van der Waals surface area (Å²) < 4.78 is 4.83. The van der Waals surface area contributed by atoms with E-state index in [4.69, 9.17) is 14.6 Å². The van der Waals surface area contributed by atoms with E-state index in [2.05, 4.69) is 0 Å². The predicted octanol–water partition coefficient (Wildman–Crippen LogP) is 1.54. The molecule has 0 fully saturated rings. The molecule has 0 aliphatic heterocycles. The van der Waals surface area contributed by atoms with Gasteiger partial charge in [0.05, 0.1) is 5.39 Å². The van der Waals surface area contributed by atoms with E-state index in [1.807, 2.05) is 0 Å². The lowest BCUT2D eigenvalue weighted by atomic mass is 10.2. The smallest absolute Gasteiger partial charge is 0.375 e. The van der Waals surface area contributed by atoms with Crippen molar-refractivity contribution in [2.75, 3.05) is 0 Å². The quantitative estimate of drug-likeness (QED) is 0.640. The Kier molecular flexibility index (Phi) is 1.60. The molecule has 0 aliphatic carbocycles. The summed E-state index contributed by atoms with van der Waals surface area (Å²) in [7, 11) is 0. The Hall–Kier alpha value is -2.17. The van der Waals surface area contributed by atoms with Gasteiger partial charge in [-0.25, -0.2) is 4.79 Å². The van der Waals surface area contributed by atoms with Crippen LogP contribution in [0.4, 0.5) is 0 Å². The van der Waals surface area contributed by atoms with Gasteiger partial charge < -0.3 is 19.7 Å². The maximum atomic E-state index is 10.6. The molecule has 0 atom stereocenters. The minimum atomic E-state index is -1.35. The number of phenols is 1. The summed E-state index contributed by atoms with van der Waals surface area (Å²) in [6.07, 6.45) is 0. The first kappa shape index (κ1) is 8.43. The summed E-state index contributed by atoms with van der Waals surface area (Å²) in [6.45, 7) is 0. The molecule has 2 rings (SSSR count). The van der Waals surface area contributed by atoms with Crippen LogP contribution in [0.15, 0.2) is 22.6 Å². The second-order valence-electron chi connectivity index (χ2n) is 2.77. The Bertz CT molecular complexity index is 511. The molecule has 1 heterocycles. The van der Waals surface area contributed by atoms with Crippen molar-refractivity contribution in [3.63, 3.8) is 0 Å². The van der Waals surface area contributed by atoms with Gasteiger partial charge in [-0.1, -0.05) is 0 Å². The topological polar surface area (TPSA) is 90.9 Å². The monoisotopic (exact) mass is 194 g/mol. The zero-order valence-corrected chi connectivity index (χ0v) is 6.89. The van der Waals surface area contributed by atoms with Crippen molar-refractivity contribution in [1.82, 2.24) is 0 Å². The van der Waals surface area contributed by atoms with Crippen LogP contribution in [-0.4, -0.2) is 21.3 Å².